The van der Waals surface area contributed by atoms with Crippen LogP contribution < -0.4 is 4.74 Å². The fourth-order valence-corrected chi connectivity index (χ4v) is 3.47. The van der Waals surface area contributed by atoms with Gasteiger partial charge < -0.3 is 14.9 Å². The van der Waals surface area contributed by atoms with Gasteiger partial charge in [-0.15, -0.1) is 0 Å². The molecule has 6 heteroatoms. The molecule has 2 N–H and O–H groups in total. The molecule has 1 aromatic rings. The van der Waals surface area contributed by atoms with E-state index in [0.29, 0.717) is 12.3 Å². The van der Waals surface area contributed by atoms with Gasteiger partial charge in [0, 0.05) is 30.6 Å². The summed E-state index contributed by atoms with van der Waals surface area (Å²) in [6, 6.07) is 5.32. The van der Waals surface area contributed by atoms with Crippen LogP contribution in [0.15, 0.2) is 18.2 Å². The normalized spacial score (nSPS) is 19.8. The maximum absolute atomic E-state index is 10.9. The number of benzene rings is 1. The van der Waals surface area contributed by atoms with E-state index in [2.05, 4.69) is 4.90 Å². The number of ether oxygens (including phenoxy) is 1. The van der Waals surface area contributed by atoms with Crippen LogP contribution in [0.3, 0.4) is 0 Å². The Morgan fingerprint density at radius 2 is 2.35 bits per heavy atom. The van der Waals surface area contributed by atoms with Gasteiger partial charge in [-0.25, -0.2) is 0 Å². The Hall–Kier alpha value is -1.40. The second-order valence-corrected chi connectivity index (χ2v) is 5.95. The molecular formula is C14H19NO4S. The van der Waals surface area contributed by atoms with Crippen LogP contribution in [0.1, 0.15) is 12.0 Å². The lowest BCUT2D eigenvalue weighted by molar-refractivity contribution is -0.138. The van der Waals surface area contributed by atoms with Gasteiger partial charge in [-0.05, 0) is 17.7 Å². The summed E-state index contributed by atoms with van der Waals surface area (Å²) in [5, 5.41) is 18.6. The van der Waals surface area contributed by atoms with Crippen molar-refractivity contribution < 1.29 is 19.7 Å². The molecule has 110 valence electrons. The van der Waals surface area contributed by atoms with Gasteiger partial charge in [0.2, 0.25) is 0 Å². The number of aromatic hydroxyl groups is 1. The van der Waals surface area contributed by atoms with Gasteiger partial charge in [-0.2, -0.15) is 11.8 Å². The number of methoxy groups -OCH3 is 1. The molecule has 1 aliphatic heterocycles. The second kappa shape index (κ2) is 6.85. The predicted molar refractivity (Wildman–Crippen MR) is 78.4 cm³/mol. The number of carboxylic acids is 1. The highest BCUT2D eigenvalue weighted by atomic mass is 32.2. The first-order valence-corrected chi connectivity index (χ1v) is 7.65. The van der Waals surface area contributed by atoms with E-state index in [0.717, 1.165) is 23.6 Å². The minimum atomic E-state index is -0.759. The van der Waals surface area contributed by atoms with Crippen molar-refractivity contribution >= 4 is 17.7 Å². The average Bonchev–Trinajstić information content (AvgIpc) is 2.42. The van der Waals surface area contributed by atoms with Gasteiger partial charge in [0.25, 0.3) is 0 Å². The van der Waals surface area contributed by atoms with Crippen LogP contribution in [-0.2, 0) is 11.3 Å². The van der Waals surface area contributed by atoms with E-state index in [4.69, 9.17) is 9.84 Å². The van der Waals surface area contributed by atoms with Crippen LogP contribution in [0.2, 0.25) is 0 Å². The van der Waals surface area contributed by atoms with Crippen LogP contribution in [0.5, 0.6) is 11.5 Å². The molecule has 0 aliphatic carbocycles. The van der Waals surface area contributed by atoms with Crippen LogP contribution in [0.25, 0.3) is 0 Å². The van der Waals surface area contributed by atoms with E-state index >= 15 is 0 Å². The van der Waals surface area contributed by atoms with Gasteiger partial charge in [-0.3, -0.25) is 9.69 Å². The molecule has 1 heterocycles. The third-order valence-corrected chi connectivity index (χ3v) is 4.48. The summed E-state index contributed by atoms with van der Waals surface area (Å²) < 4.78 is 5.10. The van der Waals surface area contributed by atoms with Crippen molar-refractivity contribution in [3.05, 3.63) is 23.8 Å². The average molecular weight is 297 g/mol. The zero-order chi connectivity index (χ0) is 14.5. The number of carboxylic acid groups (broad SMARTS) is 1. The molecule has 1 aromatic carbocycles. The van der Waals surface area contributed by atoms with Crippen molar-refractivity contribution in [3.63, 3.8) is 0 Å². The summed E-state index contributed by atoms with van der Waals surface area (Å²) in [6.07, 6.45) is 0.169. The molecule has 1 atom stereocenters. The largest absolute Gasteiger partial charge is 0.504 e. The predicted octanol–water partition coefficient (Wildman–Crippen LogP) is 1.79. The molecule has 1 saturated heterocycles. The molecule has 20 heavy (non-hydrogen) atoms. The number of nitrogens with zero attached hydrogens (tertiary/aromatic N) is 1. The molecule has 0 spiro atoms. The highest BCUT2D eigenvalue weighted by molar-refractivity contribution is 7.99. The standard InChI is InChI=1S/C14H19NO4S/c1-19-13-6-10(2-3-12(13)16)8-15-4-5-20-9-11(15)7-14(17)18/h2-3,6,11,16H,4-5,7-9H2,1H3,(H,17,18). The Labute approximate surface area is 122 Å². The van der Waals surface area contributed by atoms with Gasteiger partial charge >= 0.3 is 5.97 Å². The van der Waals surface area contributed by atoms with Crippen molar-refractivity contribution in [2.45, 2.75) is 19.0 Å². The molecule has 0 aromatic heterocycles. The minimum Gasteiger partial charge on any atom is -0.504 e. The summed E-state index contributed by atoms with van der Waals surface area (Å²) in [5.74, 6) is 1.68. The van der Waals surface area contributed by atoms with Crippen molar-refractivity contribution in [2.75, 3.05) is 25.2 Å². The quantitative estimate of drug-likeness (QED) is 0.863. The lowest BCUT2D eigenvalue weighted by Crippen LogP contribution is -2.42. The number of hydrogen-bond donors (Lipinski definition) is 2. The van der Waals surface area contributed by atoms with Gasteiger partial charge in [0.15, 0.2) is 11.5 Å². The second-order valence-electron chi connectivity index (χ2n) is 4.80. The Balaban J connectivity index is 2.08. The number of aliphatic carboxylic acids is 1. The maximum Gasteiger partial charge on any atom is 0.304 e. The Morgan fingerprint density at radius 1 is 1.55 bits per heavy atom. The van der Waals surface area contributed by atoms with E-state index in [-0.39, 0.29) is 18.2 Å². The minimum absolute atomic E-state index is 0.0612. The molecule has 0 bridgehead atoms. The number of phenolic OH excluding ortho intramolecular Hbond substituents is 1. The molecule has 0 amide bonds. The number of phenols is 1. The van der Waals surface area contributed by atoms with Crippen LogP contribution in [0, 0.1) is 0 Å². The zero-order valence-corrected chi connectivity index (χ0v) is 12.2. The summed E-state index contributed by atoms with van der Waals surface area (Å²) >= 11 is 1.80. The maximum atomic E-state index is 10.9. The first-order chi connectivity index (χ1) is 9.60. The third kappa shape index (κ3) is 3.80. The van der Waals surface area contributed by atoms with Crippen LogP contribution >= 0.6 is 11.8 Å². The molecule has 2 rings (SSSR count). The summed E-state index contributed by atoms with van der Waals surface area (Å²) in [4.78, 5) is 13.1. The first kappa shape index (κ1) is 15.0. The number of hydrogen-bond acceptors (Lipinski definition) is 5. The molecule has 0 radical (unpaired) electrons. The molecule has 5 nitrogen and oxygen atoms in total. The third-order valence-electron chi connectivity index (χ3n) is 3.39. The molecule has 0 saturated carbocycles. The Bertz CT molecular complexity index is 480. The smallest absolute Gasteiger partial charge is 0.304 e. The van der Waals surface area contributed by atoms with Crippen molar-refractivity contribution in [1.82, 2.24) is 4.90 Å². The zero-order valence-electron chi connectivity index (χ0n) is 11.4. The molecule has 1 aliphatic rings. The monoisotopic (exact) mass is 297 g/mol. The summed E-state index contributed by atoms with van der Waals surface area (Å²) in [6.45, 7) is 1.56. The number of rotatable bonds is 5. The van der Waals surface area contributed by atoms with E-state index in [9.17, 15) is 9.90 Å². The highest BCUT2D eigenvalue weighted by Gasteiger charge is 2.25. The van der Waals surface area contributed by atoms with Gasteiger partial charge in [-0.1, -0.05) is 6.07 Å². The van der Waals surface area contributed by atoms with E-state index < -0.39 is 5.97 Å². The number of carbonyl (C=O) groups is 1. The lowest BCUT2D eigenvalue weighted by atomic mass is 10.1. The number of thioether (sulfide) groups is 1. The first-order valence-electron chi connectivity index (χ1n) is 6.49. The Kier molecular flexibility index (Phi) is 5.14. The molecule has 1 fully saturated rings. The summed E-state index contributed by atoms with van der Waals surface area (Å²) in [5.41, 5.74) is 1.02. The fraction of sp³-hybridized carbons (Fsp3) is 0.500. The van der Waals surface area contributed by atoms with Crippen LogP contribution in [0.4, 0.5) is 0 Å². The topological polar surface area (TPSA) is 70.0 Å². The van der Waals surface area contributed by atoms with E-state index in [1.165, 1.54) is 7.11 Å². The van der Waals surface area contributed by atoms with Crippen molar-refractivity contribution in [1.29, 1.82) is 0 Å². The van der Waals surface area contributed by atoms with E-state index in [1.54, 1.807) is 23.9 Å². The molecular weight excluding hydrogens is 278 g/mol. The highest BCUT2D eigenvalue weighted by Crippen LogP contribution is 2.28. The molecule has 1 unspecified atom stereocenters. The fourth-order valence-electron chi connectivity index (χ4n) is 2.34. The van der Waals surface area contributed by atoms with Gasteiger partial charge in [0.05, 0.1) is 13.5 Å². The Morgan fingerprint density at radius 3 is 3.05 bits per heavy atom. The lowest BCUT2D eigenvalue weighted by Gasteiger charge is -2.34. The van der Waals surface area contributed by atoms with Crippen molar-refractivity contribution in [3.8, 4) is 11.5 Å². The van der Waals surface area contributed by atoms with Crippen molar-refractivity contribution in [2.24, 2.45) is 0 Å². The SMILES string of the molecule is COc1cc(CN2CCSCC2CC(=O)O)ccc1O. The summed E-state index contributed by atoms with van der Waals surface area (Å²) in [7, 11) is 1.52. The van der Waals surface area contributed by atoms with Crippen LogP contribution in [-0.4, -0.2) is 52.3 Å². The van der Waals surface area contributed by atoms with Gasteiger partial charge in [0.1, 0.15) is 0 Å². The van der Waals surface area contributed by atoms with E-state index in [1.807, 2.05) is 6.07 Å².